The van der Waals surface area contributed by atoms with E-state index in [0.717, 1.165) is 30.8 Å². The van der Waals surface area contributed by atoms with E-state index in [4.69, 9.17) is 14.7 Å². The lowest BCUT2D eigenvalue weighted by Gasteiger charge is -2.37. The molecule has 20 heavy (non-hydrogen) atoms. The molecule has 2 atom stereocenters. The average Bonchev–Trinajstić information content (AvgIpc) is 2.89. The fourth-order valence-corrected chi connectivity index (χ4v) is 4.17. The van der Waals surface area contributed by atoms with E-state index in [2.05, 4.69) is 0 Å². The van der Waals surface area contributed by atoms with Gasteiger partial charge in [0.1, 0.15) is 6.10 Å². The molecule has 3 nitrogen and oxygen atoms in total. The van der Waals surface area contributed by atoms with Crippen LogP contribution in [0.15, 0.2) is 18.2 Å². The van der Waals surface area contributed by atoms with Crippen LogP contribution in [0.2, 0.25) is 0 Å². The average molecular weight is 293 g/mol. The molecule has 1 spiro atoms. The second-order valence-electron chi connectivity index (χ2n) is 5.32. The zero-order valence-electron chi connectivity index (χ0n) is 11.1. The monoisotopic (exact) mass is 293 g/mol. The van der Waals surface area contributed by atoms with Gasteiger partial charge >= 0.3 is 0 Å². The molecule has 0 aliphatic carbocycles. The minimum Gasteiger partial charge on any atom is -0.487 e. The van der Waals surface area contributed by atoms with Crippen molar-refractivity contribution in [1.29, 1.82) is 5.26 Å². The molecule has 0 radical (unpaired) electrons. The van der Waals surface area contributed by atoms with Crippen LogP contribution in [0.5, 0.6) is 5.75 Å². The number of nitrogens with zero attached hydrogens (tertiary/aromatic N) is 1. The van der Waals surface area contributed by atoms with Crippen LogP contribution in [0.1, 0.15) is 24.8 Å². The number of halogens is 1. The summed E-state index contributed by atoms with van der Waals surface area (Å²) in [5.74, 6) is 1.89. The maximum Gasteiger partial charge on any atom is 0.166 e. The first-order valence-corrected chi connectivity index (χ1v) is 7.94. The molecule has 2 aliphatic heterocycles. The number of thioether (sulfide) groups is 1. The molecule has 3 rings (SSSR count). The summed E-state index contributed by atoms with van der Waals surface area (Å²) in [5.41, 5.74) is 0.238. The summed E-state index contributed by atoms with van der Waals surface area (Å²) in [5, 5.41) is 8.74. The zero-order chi connectivity index (χ0) is 14.0. The Morgan fingerprint density at radius 2 is 2.40 bits per heavy atom. The SMILES string of the molecule is N#Cc1ccc(OC2CCOC3(CCSC3)C2)c(F)c1. The van der Waals surface area contributed by atoms with Crippen LogP contribution >= 0.6 is 11.8 Å². The summed E-state index contributed by atoms with van der Waals surface area (Å²) in [6, 6.07) is 6.26. The van der Waals surface area contributed by atoms with Crippen LogP contribution in [-0.2, 0) is 4.74 Å². The first-order chi connectivity index (χ1) is 9.71. The van der Waals surface area contributed by atoms with Crippen molar-refractivity contribution in [2.45, 2.75) is 31.0 Å². The fourth-order valence-electron chi connectivity index (χ4n) is 2.79. The highest BCUT2D eigenvalue weighted by atomic mass is 32.2. The minimum absolute atomic E-state index is 0.00937. The highest BCUT2D eigenvalue weighted by Crippen LogP contribution is 2.39. The lowest BCUT2D eigenvalue weighted by Crippen LogP contribution is -2.43. The van der Waals surface area contributed by atoms with Crippen LogP contribution in [0.4, 0.5) is 4.39 Å². The Kier molecular flexibility index (Phi) is 3.86. The third-order valence-electron chi connectivity index (χ3n) is 3.87. The van der Waals surface area contributed by atoms with Crippen molar-refractivity contribution in [2.75, 3.05) is 18.1 Å². The Balaban J connectivity index is 1.70. The second kappa shape index (κ2) is 5.63. The van der Waals surface area contributed by atoms with E-state index >= 15 is 0 Å². The van der Waals surface area contributed by atoms with Crippen LogP contribution in [0, 0.1) is 17.1 Å². The maximum atomic E-state index is 13.8. The van der Waals surface area contributed by atoms with E-state index in [1.165, 1.54) is 6.07 Å². The third kappa shape index (κ3) is 2.77. The summed E-state index contributed by atoms with van der Waals surface area (Å²) in [4.78, 5) is 0. The summed E-state index contributed by atoms with van der Waals surface area (Å²) in [7, 11) is 0. The van der Waals surface area contributed by atoms with Crippen molar-refractivity contribution < 1.29 is 13.9 Å². The predicted octanol–water partition coefficient (Wildman–Crippen LogP) is 3.13. The van der Waals surface area contributed by atoms with Gasteiger partial charge in [-0.25, -0.2) is 4.39 Å². The first-order valence-electron chi connectivity index (χ1n) is 6.79. The molecule has 0 N–H and O–H groups in total. The third-order valence-corrected chi connectivity index (χ3v) is 5.09. The Bertz CT molecular complexity index is 537. The van der Waals surface area contributed by atoms with Gasteiger partial charge < -0.3 is 9.47 Å². The molecular weight excluding hydrogens is 277 g/mol. The second-order valence-corrected chi connectivity index (χ2v) is 6.43. The molecule has 2 fully saturated rings. The quantitative estimate of drug-likeness (QED) is 0.840. The van der Waals surface area contributed by atoms with E-state index in [9.17, 15) is 4.39 Å². The number of nitriles is 1. The molecule has 0 bridgehead atoms. The van der Waals surface area contributed by atoms with Gasteiger partial charge in [0.2, 0.25) is 0 Å². The van der Waals surface area contributed by atoms with Crippen molar-refractivity contribution in [3.05, 3.63) is 29.6 Å². The molecule has 1 aromatic rings. The van der Waals surface area contributed by atoms with E-state index in [1.807, 2.05) is 17.8 Å². The van der Waals surface area contributed by atoms with Crippen molar-refractivity contribution >= 4 is 11.8 Å². The Labute approximate surface area is 122 Å². The number of hydrogen-bond acceptors (Lipinski definition) is 4. The van der Waals surface area contributed by atoms with Crippen molar-refractivity contribution in [3.63, 3.8) is 0 Å². The van der Waals surface area contributed by atoms with Gasteiger partial charge in [0.25, 0.3) is 0 Å². The van der Waals surface area contributed by atoms with E-state index < -0.39 is 5.82 Å². The zero-order valence-corrected chi connectivity index (χ0v) is 11.9. The topological polar surface area (TPSA) is 42.2 Å². The number of hydrogen-bond donors (Lipinski definition) is 0. The maximum absolute atomic E-state index is 13.8. The minimum atomic E-state index is -0.467. The molecule has 0 saturated carbocycles. The molecule has 0 amide bonds. The highest BCUT2D eigenvalue weighted by Gasteiger charge is 2.41. The summed E-state index contributed by atoms with van der Waals surface area (Å²) >= 11 is 1.91. The van der Waals surface area contributed by atoms with E-state index in [-0.39, 0.29) is 17.5 Å². The van der Waals surface area contributed by atoms with Crippen LogP contribution in [-0.4, -0.2) is 29.8 Å². The van der Waals surface area contributed by atoms with Crippen LogP contribution < -0.4 is 4.74 Å². The van der Waals surface area contributed by atoms with Gasteiger partial charge in [-0.3, -0.25) is 0 Å². The molecule has 1 aromatic carbocycles. The Morgan fingerprint density at radius 1 is 1.50 bits per heavy atom. The van der Waals surface area contributed by atoms with Gasteiger partial charge in [-0.1, -0.05) is 0 Å². The number of rotatable bonds is 2. The molecule has 106 valence electrons. The largest absolute Gasteiger partial charge is 0.487 e. The van der Waals surface area contributed by atoms with Crippen molar-refractivity contribution in [1.82, 2.24) is 0 Å². The number of benzene rings is 1. The van der Waals surface area contributed by atoms with Gasteiger partial charge in [0, 0.05) is 18.6 Å². The molecule has 2 saturated heterocycles. The normalized spacial score (nSPS) is 29.3. The smallest absolute Gasteiger partial charge is 0.166 e. The van der Waals surface area contributed by atoms with Gasteiger partial charge in [-0.05, 0) is 30.4 Å². The van der Waals surface area contributed by atoms with Crippen molar-refractivity contribution in [3.8, 4) is 11.8 Å². The Morgan fingerprint density at radius 3 is 3.10 bits per heavy atom. The number of ether oxygens (including phenoxy) is 2. The molecule has 2 unspecified atom stereocenters. The van der Waals surface area contributed by atoms with Gasteiger partial charge in [0.15, 0.2) is 11.6 Å². The van der Waals surface area contributed by atoms with E-state index in [0.29, 0.717) is 12.2 Å². The highest BCUT2D eigenvalue weighted by molar-refractivity contribution is 7.99. The van der Waals surface area contributed by atoms with Gasteiger partial charge in [0.05, 0.1) is 23.8 Å². The summed E-state index contributed by atoms with van der Waals surface area (Å²) < 4.78 is 25.6. The standard InChI is InChI=1S/C15H16FNO2S/c16-13-7-11(9-17)1-2-14(13)19-12-3-5-18-15(8-12)4-6-20-10-15/h1-2,7,12H,3-6,8,10H2. The van der Waals surface area contributed by atoms with Gasteiger partial charge in [-0.2, -0.15) is 17.0 Å². The van der Waals surface area contributed by atoms with Crippen LogP contribution in [0.25, 0.3) is 0 Å². The molecule has 0 aromatic heterocycles. The molecule has 2 heterocycles. The Hall–Kier alpha value is -1.25. The van der Waals surface area contributed by atoms with Crippen molar-refractivity contribution in [2.24, 2.45) is 0 Å². The summed E-state index contributed by atoms with van der Waals surface area (Å²) in [6.45, 7) is 0.670. The summed E-state index contributed by atoms with van der Waals surface area (Å²) in [6.07, 6.45) is 2.64. The fraction of sp³-hybridized carbons (Fsp3) is 0.533. The lowest BCUT2D eigenvalue weighted by molar-refractivity contribution is -0.0964. The van der Waals surface area contributed by atoms with Gasteiger partial charge in [-0.15, -0.1) is 0 Å². The van der Waals surface area contributed by atoms with Crippen LogP contribution in [0.3, 0.4) is 0 Å². The molecule has 2 aliphatic rings. The van der Waals surface area contributed by atoms with E-state index in [1.54, 1.807) is 12.1 Å². The molecule has 5 heteroatoms. The lowest BCUT2D eigenvalue weighted by atomic mass is 9.91. The molecular formula is C15H16FNO2S. The first kappa shape index (κ1) is 13.7. The predicted molar refractivity (Wildman–Crippen MR) is 75.4 cm³/mol.